The van der Waals surface area contributed by atoms with E-state index in [2.05, 4.69) is 5.32 Å². The number of hydrogen-bond donors (Lipinski definition) is 1. The van der Waals surface area contributed by atoms with Gasteiger partial charge in [0.15, 0.2) is 0 Å². The van der Waals surface area contributed by atoms with Crippen LogP contribution in [0.5, 0.6) is 0 Å². The van der Waals surface area contributed by atoms with E-state index in [1.807, 2.05) is 0 Å². The van der Waals surface area contributed by atoms with Crippen LogP contribution in [0.25, 0.3) is 0 Å². The molecule has 0 bridgehead atoms. The second-order valence-electron chi connectivity index (χ2n) is 8.86. The molecule has 2 aliphatic carbocycles. The summed E-state index contributed by atoms with van der Waals surface area (Å²) >= 11 is 0. The second kappa shape index (κ2) is 10.7. The summed E-state index contributed by atoms with van der Waals surface area (Å²) in [6, 6.07) is 5.72. The lowest BCUT2D eigenvalue weighted by Gasteiger charge is -2.40. The number of rotatable bonds is 7. The maximum absolute atomic E-state index is 13.0. The molecule has 0 unspecified atom stereocenters. The molecule has 1 N–H and O–H groups in total. The monoisotopic (exact) mass is 425 g/mol. The van der Waals surface area contributed by atoms with Gasteiger partial charge in [0, 0.05) is 18.4 Å². The fraction of sp³-hybridized carbons (Fsp3) is 0.708. The average molecular weight is 426 g/mol. The zero-order valence-electron chi connectivity index (χ0n) is 17.8. The third kappa shape index (κ3) is 6.22. The van der Waals surface area contributed by atoms with Crippen LogP contribution in [0, 0.1) is 11.8 Å². The molecule has 30 heavy (non-hydrogen) atoms. The molecule has 1 aromatic rings. The van der Waals surface area contributed by atoms with Crippen molar-refractivity contribution < 1.29 is 22.7 Å². The normalized spacial score (nSPS) is 25.8. The molecule has 0 saturated heterocycles. The molecule has 3 atom stereocenters. The van der Waals surface area contributed by atoms with E-state index in [0.29, 0.717) is 18.9 Å². The van der Waals surface area contributed by atoms with E-state index >= 15 is 0 Å². The first kappa shape index (κ1) is 23.1. The van der Waals surface area contributed by atoms with Crippen molar-refractivity contribution in [2.24, 2.45) is 11.8 Å². The van der Waals surface area contributed by atoms with Crippen molar-refractivity contribution in [2.75, 3.05) is 13.2 Å². The highest BCUT2D eigenvalue weighted by atomic mass is 19.4. The van der Waals surface area contributed by atoms with Crippen molar-refractivity contribution in [1.29, 1.82) is 0 Å². The molecule has 0 amide bonds. The Bertz CT molecular complexity index is 668. The third-order valence-corrected chi connectivity index (χ3v) is 6.78. The fourth-order valence-corrected chi connectivity index (χ4v) is 5.29. The first-order valence-electron chi connectivity index (χ1n) is 11.4. The number of nitrogens with one attached hydrogen (secondary N) is 1. The van der Waals surface area contributed by atoms with Gasteiger partial charge in [-0.25, -0.2) is 0 Å². The van der Waals surface area contributed by atoms with E-state index in [4.69, 9.17) is 4.74 Å². The lowest BCUT2D eigenvalue weighted by molar-refractivity contribution is -0.144. The standard InChI is InChI=1S/C24H34F3NO2/c1-2-30-22(29)15-19-9-6-10-21(28-16-17-7-4-3-5-8-17)23(19)18-11-13-20(14-12-18)24(25,26)27/h11-14,17,19,21,23,28H,2-10,15-16H2,1H3/t19-,21-,23-/m1/s1. The van der Waals surface area contributed by atoms with E-state index < -0.39 is 11.7 Å². The average Bonchev–Trinajstić information content (AvgIpc) is 2.73. The smallest absolute Gasteiger partial charge is 0.416 e. The first-order chi connectivity index (χ1) is 14.4. The minimum absolute atomic E-state index is 0.0223. The molecule has 0 heterocycles. The van der Waals surface area contributed by atoms with Gasteiger partial charge >= 0.3 is 12.1 Å². The van der Waals surface area contributed by atoms with E-state index in [1.54, 1.807) is 19.1 Å². The van der Waals surface area contributed by atoms with Crippen LogP contribution in [0.15, 0.2) is 24.3 Å². The SMILES string of the molecule is CCOC(=O)C[C@H]1CCC[C@@H](NCC2CCCCC2)[C@@H]1c1ccc(C(F)(F)F)cc1. The molecule has 0 radical (unpaired) electrons. The van der Waals surface area contributed by atoms with Crippen LogP contribution in [0.1, 0.15) is 81.8 Å². The van der Waals surface area contributed by atoms with Gasteiger partial charge in [0.1, 0.15) is 0 Å². The molecule has 0 spiro atoms. The predicted molar refractivity (Wildman–Crippen MR) is 111 cm³/mol. The molecular formula is C24H34F3NO2. The molecule has 3 nitrogen and oxygen atoms in total. The molecular weight excluding hydrogens is 391 g/mol. The van der Waals surface area contributed by atoms with Crippen LogP contribution >= 0.6 is 0 Å². The number of carbonyl (C=O) groups excluding carboxylic acids is 1. The van der Waals surface area contributed by atoms with E-state index in [-0.39, 0.29) is 23.8 Å². The largest absolute Gasteiger partial charge is 0.466 e. The Labute approximate surface area is 177 Å². The Morgan fingerprint density at radius 2 is 1.73 bits per heavy atom. The second-order valence-corrected chi connectivity index (χ2v) is 8.86. The zero-order valence-corrected chi connectivity index (χ0v) is 17.8. The molecule has 168 valence electrons. The number of alkyl halides is 3. The van der Waals surface area contributed by atoms with Gasteiger partial charge in [-0.3, -0.25) is 4.79 Å². The van der Waals surface area contributed by atoms with Gasteiger partial charge in [0.25, 0.3) is 0 Å². The summed E-state index contributed by atoms with van der Waals surface area (Å²) in [6.07, 6.45) is 5.25. The van der Waals surface area contributed by atoms with Gasteiger partial charge in [-0.15, -0.1) is 0 Å². The predicted octanol–water partition coefficient (Wildman–Crippen LogP) is 6.08. The van der Waals surface area contributed by atoms with Gasteiger partial charge in [0.05, 0.1) is 12.2 Å². The number of ether oxygens (including phenoxy) is 1. The van der Waals surface area contributed by atoms with E-state index in [9.17, 15) is 18.0 Å². The Morgan fingerprint density at radius 3 is 2.37 bits per heavy atom. The number of benzene rings is 1. The molecule has 0 aromatic heterocycles. The summed E-state index contributed by atoms with van der Waals surface area (Å²) in [5.41, 5.74) is 0.258. The molecule has 2 aliphatic rings. The van der Waals surface area contributed by atoms with Crippen molar-refractivity contribution >= 4 is 5.97 Å². The van der Waals surface area contributed by atoms with Crippen molar-refractivity contribution in [2.45, 2.75) is 82.8 Å². The quantitative estimate of drug-likeness (QED) is 0.538. The van der Waals surface area contributed by atoms with Crippen LogP contribution in [0.4, 0.5) is 13.2 Å². The van der Waals surface area contributed by atoms with Gasteiger partial charge in [-0.2, -0.15) is 13.2 Å². The van der Waals surface area contributed by atoms with Gasteiger partial charge in [-0.05, 0) is 68.7 Å². The van der Waals surface area contributed by atoms with Crippen LogP contribution in [-0.2, 0) is 15.7 Å². The van der Waals surface area contributed by atoms with Crippen LogP contribution < -0.4 is 5.32 Å². The minimum atomic E-state index is -4.34. The van der Waals surface area contributed by atoms with Gasteiger partial charge in [0.2, 0.25) is 0 Å². The number of hydrogen-bond acceptors (Lipinski definition) is 3. The fourth-order valence-electron chi connectivity index (χ4n) is 5.29. The highest BCUT2D eigenvalue weighted by Crippen LogP contribution is 2.41. The summed E-state index contributed by atoms with van der Waals surface area (Å²) in [5, 5.41) is 3.75. The zero-order chi connectivity index (χ0) is 21.6. The first-order valence-corrected chi connectivity index (χ1v) is 11.4. The molecule has 2 fully saturated rings. The maximum Gasteiger partial charge on any atom is 0.416 e. The van der Waals surface area contributed by atoms with Crippen molar-refractivity contribution in [3.05, 3.63) is 35.4 Å². The topological polar surface area (TPSA) is 38.3 Å². The van der Waals surface area contributed by atoms with Crippen LogP contribution in [0.2, 0.25) is 0 Å². The summed E-state index contributed by atoms with van der Waals surface area (Å²) in [4.78, 5) is 12.2. The van der Waals surface area contributed by atoms with Crippen molar-refractivity contribution in [3.8, 4) is 0 Å². The molecule has 3 rings (SSSR count). The van der Waals surface area contributed by atoms with Gasteiger partial charge in [-0.1, -0.05) is 37.8 Å². The molecule has 2 saturated carbocycles. The van der Waals surface area contributed by atoms with Crippen molar-refractivity contribution in [3.63, 3.8) is 0 Å². The van der Waals surface area contributed by atoms with E-state index in [0.717, 1.165) is 31.4 Å². The molecule has 0 aliphatic heterocycles. The highest BCUT2D eigenvalue weighted by Gasteiger charge is 2.37. The third-order valence-electron chi connectivity index (χ3n) is 6.78. The maximum atomic E-state index is 13.0. The summed E-state index contributed by atoms with van der Waals surface area (Å²) in [7, 11) is 0. The summed E-state index contributed by atoms with van der Waals surface area (Å²) < 4.78 is 44.3. The molecule has 1 aromatic carbocycles. The Morgan fingerprint density at radius 1 is 1.03 bits per heavy atom. The van der Waals surface area contributed by atoms with Gasteiger partial charge < -0.3 is 10.1 Å². The van der Waals surface area contributed by atoms with Crippen LogP contribution in [-0.4, -0.2) is 25.2 Å². The number of carbonyl (C=O) groups is 1. The summed E-state index contributed by atoms with van der Waals surface area (Å²) in [6.45, 7) is 3.09. The lowest BCUT2D eigenvalue weighted by atomic mass is 9.70. The van der Waals surface area contributed by atoms with Crippen LogP contribution in [0.3, 0.4) is 0 Å². The van der Waals surface area contributed by atoms with Crippen molar-refractivity contribution in [1.82, 2.24) is 5.32 Å². The minimum Gasteiger partial charge on any atom is -0.466 e. The molecule has 6 heteroatoms. The number of esters is 1. The Hall–Kier alpha value is -1.56. The lowest BCUT2D eigenvalue weighted by Crippen LogP contribution is -2.44. The number of halogens is 3. The van der Waals surface area contributed by atoms with E-state index in [1.165, 1.54) is 44.2 Å². The summed E-state index contributed by atoms with van der Waals surface area (Å²) in [5.74, 6) is 0.567. The highest BCUT2D eigenvalue weighted by molar-refractivity contribution is 5.69. The Balaban J connectivity index is 1.77. The Kier molecular flexibility index (Phi) is 8.20.